The Morgan fingerprint density at radius 1 is 1.33 bits per heavy atom. The predicted octanol–water partition coefficient (Wildman–Crippen LogP) is 1.23. The van der Waals surface area contributed by atoms with Gasteiger partial charge in [0, 0.05) is 0 Å². The average Bonchev–Trinajstić information content (AvgIpc) is 2.38. The summed E-state index contributed by atoms with van der Waals surface area (Å²) < 4.78 is 10.4. The summed E-state index contributed by atoms with van der Waals surface area (Å²) in [4.78, 5) is 11.4. The van der Waals surface area contributed by atoms with Gasteiger partial charge in [-0.3, -0.25) is 4.79 Å². The molecular formula is C13H20N2O3. The van der Waals surface area contributed by atoms with Crippen LogP contribution in [-0.4, -0.2) is 26.7 Å². The minimum Gasteiger partial charge on any atom is -0.493 e. The molecule has 0 aliphatic carbocycles. The topological polar surface area (TPSA) is 73.6 Å². The lowest BCUT2D eigenvalue weighted by Gasteiger charge is -2.17. The van der Waals surface area contributed by atoms with Gasteiger partial charge < -0.3 is 20.5 Å². The fraction of sp³-hybridized carbons (Fsp3) is 0.462. The van der Waals surface area contributed by atoms with Gasteiger partial charge in [0.25, 0.3) is 0 Å². The van der Waals surface area contributed by atoms with Gasteiger partial charge in [-0.2, -0.15) is 0 Å². The van der Waals surface area contributed by atoms with E-state index in [1.165, 1.54) is 0 Å². The normalized spacial score (nSPS) is 11.9. The summed E-state index contributed by atoms with van der Waals surface area (Å²) in [5, 5.41) is 3.10. The molecule has 5 nitrogen and oxygen atoms in total. The highest BCUT2D eigenvalue weighted by molar-refractivity contribution is 5.81. The molecule has 1 amide bonds. The van der Waals surface area contributed by atoms with Gasteiger partial charge >= 0.3 is 0 Å². The number of hydrogen-bond acceptors (Lipinski definition) is 4. The smallest absolute Gasteiger partial charge is 0.239 e. The third-order valence-corrected chi connectivity index (χ3v) is 2.62. The summed E-state index contributed by atoms with van der Waals surface area (Å²) in [7, 11) is 3.12. The van der Waals surface area contributed by atoms with Crippen molar-refractivity contribution in [3.8, 4) is 11.5 Å². The molecule has 0 saturated carbocycles. The van der Waals surface area contributed by atoms with Crippen LogP contribution < -0.4 is 20.5 Å². The second-order valence-electron chi connectivity index (χ2n) is 3.90. The molecule has 18 heavy (non-hydrogen) atoms. The number of hydrogen-bond donors (Lipinski definition) is 2. The number of nitrogens with one attached hydrogen (secondary N) is 1. The lowest BCUT2D eigenvalue weighted by Crippen LogP contribution is -2.34. The molecular weight excluding hydrogens is 232 g/mol. The number of amides is 1. The second kappa shape index (κ2) is 6.86. The summed E-state index contributed by atoms with van der Waals surface area (Å²) in [5.74, 6) is 0.801. The van der Waals surface area contributed by atoms with E-state index in [1.807, 2.05) is 6.92 Å². The number of carbonyl (C=O) groups is 1. The molecule has 0 fully saturated rings. The van der Waals surface area contributed by atoms with Crippen LogP contribution in [0.3, 0.4) is 0 Å². The van der Waals surface area contributed by atoms with Crippen molar-refractivity contribution in [2.24, 2.45) is 5.73 Å². The van der Waals surface area contributed by atoms with E-state index < -0.39 is 11.9 Å². The average molecular weight is 252 g/mol. The molecule has 0 aliphatic heterocycles. The SMILES string of the molecule is CCCNC(C(N)=O)c1ccc(OC)c(OC)c1. The van der Waals surface area contributed by atoms with Crippen molar-refractivity contribution in [3.05, 3.63) is 23.8 Å². The maximum absolute atomic E-state index is 11.4. The minimum atomic E-state index is -0.509. The molecule has 0 bridgehead atoms. The molecule has 1 rings (SSSR count). The largest absolute Gasteiger partial charge is 0.493 e. The molecule has 1 aromatic carbocycles. The maximum atomic E-state index is 11.4. The zero-order valence-electron chi connectivity index (χ0n) is 11.0. The van der Waals surface area contributed by atoms with E-state index in [2.05, 4.69) is 5.32 Å². The Bertz CT molecular complexity index is 407. The Morgan fingerprint density at radius 3 is 2.50 bits per heavy atom. The number of benzene rings is 1. The van der Waals surface area contributed by atoms with Crippen molar-refractivity contribution >= 4 is 5.91 Å². The highest BCUT2D eigenvalue weighted by atomic mass is 16.5. The van der Waals surface area contributed by atoms with Crippen molar-refractivity contribution < 1.29 is 14.3 Å². The molecule has 0 aromatic heterocycles. The molecule has 100 valence electrons. The Morgan fingerprint density at radius 2 is 2.00 bits per heavy atom. The van der Waals surface area contributed by atoms with E-state index in [0.29, 0.717) is 11.5 Å². The van der Waals surface area contributed by atoms with Crippen LogP contribution in [0.5, 0.6) is 11.5 Å². The number of carbonyl (C=O) groups excluding carboxylic acids is 1. The van der Waals surface area contributed by atoms with Gasteiger partial charge in [0.2, 0.25) is 5.91 Å². The molecule has 0 spiro atoms. The monoisotopic (exact) mass is 252 g/mol. The first kappa shape index (κ1) is 14.3. The minimum absolute atomic E-state index is 0.407. The molecule has 3 N–H and O–H groups in total. The molecule has 0 saturated heterocycles. The predicted molar refractivity (Wildman–Crippen MR) is 69.8 cm³/mol. The standard InChI is InChI=1S/C13H20N2O3/c1-4-7-15-12(13(14)16)9-5-6-10(17-2)11(8-9)18-3/h5-6,8,12,15H,4,7H2,1-3H3,(H2,14,16). The van der Waals surface area contributed by atoms with Crippen LogP contribution in [0.25, 0.3) is 0 Å². The van der Waals surface area contributed by atoms with Gasteiger partial charge in [-0.05, 0) is 30.7 Å². The number of methoxy groups -OCH3 is 2. The van der Waals surface area contributed by atoms with Crippen LogP contribution in [0.4, 0.5) is 0 Å². The fourth-order valence-corrected chi connectivity index (χ4v) is 1.70. The van der Waals surface area contributed by atoms with Gasteiger partial charge in [-0.1, -0.05) is 13.0 Å². The first-order chi connectivity index (χ1) is 8.63. The maximum Gasteiger partial charge on any atom is 0.239 e. The van der Waals surface area contributed by atoms with Crippen LogP contribution in [-0.2, 0) is 4.79 Å². The lowest BCUT2D eigenvalue weighted by atomic mass is 10.1. The summed E-state index contributed by atoms with van der Waals surface area (Å²) in [6.45, 7) is 2.75. The number of nitrogens with two attached hydrogens (primary N) is 1. The van der Waals surface area contributed by atoms with Gasteiger partial charge in [0.05, 0.1) is 14.2 Å². The zero-order chi connectivity index (χ0) is 13.5. The lowest BCUT2D eigenvalue weighted by molar-refractivity contribution is -0.120. The number of ether oxygens (including phenoxy) is 2. The zero-order valence-corrected chi connectivity index (χ0v) is 11.0. The van der Waals surface area contributed by atoms with Crippen LogP contribution >= 0.6 is 0 Å². The van der Waals surface area contributed by atoms with Crippen molar-refractivity contribution in [1.82, 2.24) is 5.32 Å². The highest BCUT2D eigenvalue weighted by Crippen LogP contribution is 2.29. The summed E-state index contributed by atoms with van der Waals surface area (Å²) in [6, 6.07) is 4.82. The van der Waals surface area contributed by atoms with Crippen LogP contribution in [0, 0.1) is 0 Å². The highest BCUT2D eigenvalue weighted by Gasteiger charge is 2.18. The van der Waals surface area contributed by atoms with Gasteiger partial charge in [-0.25, -0.2) is 0 Å². The van der Waals surface area contributed by atoms with Crippen molar-refractivity contribution in [2.75, 3.05) is 20.8 Å². The van der Waals surface area contributed by atoms with E-state index in [4.69, 9.17) is 15.2 Å². The second-order valence-corrected chi connectivity index (χ2v) is 3.90. The van der Waals surface area contributed by atoms with E-state index in [1.54, 1.807) is 32.4 Å². The van der Waals surface area contributed by atoms with E-state index >= 15 is 0 Å². The van der Waals surface area contributed by atoms with Crippen LogP contribution in [0.1, 0.15) is 24.9 Å². The van der Waals surface area contributed by atoms with E-state index in [9.17, 15) is 4.79 Å². The van der Waals surface area contributed by atoms with Crippen molar-refractivity contribution in [2.45, 2.75) is 19.4 Å². The summed E-state index contributed by atoms with van der Waals surface area (Å²) in [5.41, 5.74) is 6.17. The molecule has 5 heteroatoms. The Labute approximate surface area is 107 Å². The molecule has 1 aromatic rings. The molecule has 1 unspecified atom stereocenters. The Kier molecular flexibility index (Phi) is 5.45. The van der Waals surface area contributed by atoms with E-state index in [-0.39, 0.29) is 0 Å². The number of primary amides is 1. The molecule has 0 heterocycles. The van der Waals surface area contributed by atoms with Crippen molar-refractivity contribution in [3.63, 3.8) is 0 Å². The third-order valence-electron chi connectivity index (χ3n) is 2.62. The van der Waals surface area contributed by atoms with E-state index in [0.717, 1.165) is 18.5 Å². The molecule has 1 atom stereocenters. The Balaban J connectivity index is 3.01. The summed E-state index contributed by atoms with van der Waals surface area (Å²) in [6.07, 6.45) is 0.928. The van der Waals surface area contributed by atoms with Gasteiger partial charge in [-0.15, -0.1) is 0 Å². The molecule has 0 aliphatic rings. The van der Waals surface area contributed by atoms with Crippen LogP contribution in [0.2, 0.25) is 0 Å². The first-order valence-corrected chi connectivity index (χ1v) is 5.88. The van der Waals surface area contributed by atoms with Gasteiger partial charge in [0.15, 0.2) is 11.5 Å². The first-order valence-electron chi connectivity index (χ1n) is 5.88. The van der Waals surface area contributed by atoms with Crippen molar-refractivity contribution in [1.29, 1.82) is 0 Å². The number of rotatable bonds is 7. The third kappa shape index (κ3) is 3.37. The van der Waals surface area contributed by atoms with Crippen LogP contribution in [0.15, 0.2) is 18.2 Å². The van der Waals surface area contributed by atoms with Gasteiger partial charge in [0.1, 0.15) is 6.04 Å². The fourth-order valence-electron chi connectivity index (χ4n) is 1.70. The molecule has 0 radical (unpaired) electrons. The quantitative estimate of drug-likeness (QED) is 0.765. The Hall–Kier alpha value is -1.75. The summed E-state index contributed by atoms with van der Waals surface area (Å²) >= 11 is 0.